The quantitative estimate of drug-likeness (QED) is 0.859. The van der Waals surface area contributed by atoms with Crippen molar-refractivity contribution in [2.45, 2.75) is 44.6 Å². The smallest absolute Gasteiger partial charge is 0.133 e. The van der Waals surface area contributed by atoms with E-state index < -0.39 is 17.5 Å². The van der Waals surface area contributed by atoms with E-state index in [0.29, 0.717) is 12.3 Å². The molecule has 0 radical (unpaired) electrons. The lowest BCUT2D eigenvalue weighted by atomic mass is 9.83. The van der Waals surface area contributed by atoms with Crippen molar-refractivity contribution in [1.82, 2.24) is 5.32 Å². The van der Waals surface area contributed by atoms with Crippen LogP contribution in [0.3, 0.4) is 0 Å². The van der Waals surface area contributed by atoms with Gasteiger partial charge in [0.1, 0.15) is 17.5 Å². The van der Waals surface area contributed by atoms with Crippen LogP contribution >= 0.6 is 0 Å². The number of benzene rings is 1. The van der Waals surface area contributed by atoms with E-state index >= 15 is 0 Å². The van der Waals surface area contributed by atoms with Crippen LogP contribution < -0.4 is 5.32 Å². The second-order valence-electron chi connectivity index (χ2n) is 5.36. The van der Waals surface area contributed by atoms with E-state index in [0.717, 1.165) is 25.0 Å². The van der Waals surface area contributed by atoms with Crippen LogP contribution in [-0.2, 0) is 0 Å². The zero-order valence-corrected chi connectivity index (χ0v) is 11.2. The first kappa shape index (κ1) is 14.4. The maximum atomic E-state index is 13.8. The lowest BCUT2D eigenvalue weighted by molar-refractivity contribution is 0.299. The zero-order chi connectivity index (χ0) is 13.8. The van der Waals surface area contributed by atoms with Crippen LogP contribution in [0.1, 0.15) is 50.1 Å². The topological polar surface area (TPSA) is 12.0 Å². The monoisotopic (exact) mass is 271 g/mol. The van der Waals surface area contributed by atoms with Gasteiger partial charge in [0.05, 0.1) is 0 Å². The highest BCUT2D eigenvalue weighted by atomic mass is 19.1. The minimum Gasteiger partial charge on any atom is -0.313 e. The van der Waals surface area contributed by atoms with Gasteiger partial charge in [-0.25, -0.2) is 13.2 Å². The molecular weight excluding hydrogens is 251 g/mol. The summed E-state index contributed by atoms with van der Waals surface area (Å²) in [6, 6.07) is 1.12. The fourth-order valence-electron chi connectivity index (χ4n) is 3.02. The summed E-state index contributed by atoms with van der Waals surface area (Å²) in [4.78, 5) is 0. The maximum absolute atomic E-state index is 13.8. The van der Waals surface area contributed by atoms with Gasteiger partial charge in [0.25, 0.3) is 0 Å². The van der Waals surface area contributed by atoms with E-state index in [-0.39, 0.29) is 11.6 Å². The molecule has 1 atom stereocenters. The fraction of sp³-hybridized carbons (Fsp3) is 0.600. The average molecular weight is 271 g/mol. The molecule has 106 valence electrons. The molecule has 0 aliphatic heterocycles. The number of nitrogens with one attached hydrogen (secondary N) is 1. The first-order valence-corrected chi connectivity index (χ1v) is 6.93. The summed E-state index contributed by atoms with van der Waals surface area (Å²) in [5.41, 5.74) is -0.0329. The molecule has 2 rings (SSSR count). The molecule has 0 heterocycles. The first-order chi connectivity index (χ1) is 9.11. The van der Waals surface area contributed by atoms with E-state index in [1.54, 1.807) is 7.05 Å². The predicted molar refractivity (Wildman–Crippen MR) is 69.3 cm³/mol. The summed E-state index contributed by atoms with van der Waals surface area (Å²) >= 11 is 0. The van der Waals surface area contributed by atoms with Crippen molar-refractivity contribution in [2.24, 2.45) is 5.92 Å². The molecule has 1 aromatic carbocycles. The van der Waals surface area contributed by atoms with Crippen LogP contribution in [0.5, 0.6) is 0 Å². The lowest BCUT2D eigenvalue weighted by Gasteiger charge is -2.27. The Morgan fingerprint density at radius 2 is 1.68 bits per heavy atom. The molecule has 0 saturated heterocycles. The van der Waals surface area contributed by atoms with Gasteiger partial charge < -0.3 is 5.32 Å². The number of hydrogen-bond acceptors (Lipinski definition) is 1. The summed E-state index contributed by atoms with van der Waals surface area (Å²) < 4.78 is 40.5. The summed E-state index contributed by atoms with van der Waals surface area (Å²) in [5.74, 6) is -1.97. The Balaban J connectivity index is 2.16. The van der Waals surface area contributed by atoms with Gasteiger partial charge in [0.2, 0.25) is 0 Å². The SMILES string of the molecule is CNC(CC1CCCCC1)c1c(F)cc(F)cc1F. The molecule has 0 bridgehead atoms. The number of hydrogen-bond donors (Lipinski definition) is 1. The van der Waals surface area contributed by atoms with Crippen molar-refractivity contribution in [3.05, 3.63) is 35.1 Å². The molecule has 4 heteroatoms. The van der Waals surface area contributed by atoms with Crippen molar-refractivity contribution < 1.29 is 13.2 Å². The summed E-state index contributed by atoms with van der Waals surface area (Å²) in [5, 5.41) is 2.96. The normalized spacial score (nSPS) is 18.5. The maximum Gasteiger partial charge on any atom is 0.133 e. The van der Waals surface area contributed by atoms with E-state index in [2.05, 4.69) is 5.32 Å². The second kappa shape index (κ2) is 6.42. The van der Waals surface area contributed by atoms with Crippen molar-refractivity contribution in [3.63, 3.8) is 0 Å². The molecule has 0 amide bonds. The molecule has 0 spiro atoms. The van der Waals surface area contributed by atoms with E-state index in [9.17, 15) is 13.2 Å². The highest BCUT2D eigenvalue weighted by Crippen LogP contribution is 2.33. The Morgan fingerprint density at radius 1 is 1.11 bits per heavy atom. The Labute approximate surface area is 112 Å². The van der Waals surface area contributed by atoms with Crippen LogP contribution in [-0.4, -0.2) is 7.05 Å². The van der Waals surface area contributed by atoms with Gasteiger partial charge in [-0.1, -0.05) is 32.1 Å². The molecular formula is C15H20F3N. The molecule has 1 unspecified atom stereocenters. The van der Waals surface area contributed by atoms with Crippen molar-refractivity contribution in [3.8, 4) is 0 Å². The van der Waals surface area contributed by atoms with Crippen LogP contribution in [0.15, 0.2) is 12.1 Å². The van der Waals surface area contributed by atoms with Crippen molar-refractivity contribution in [2.75, 3.05) is 7.05 Å². The molecule has 1 N–H and O–H groups in total. The van der Waals surface area contributed by atoms with Gasteiger partial charge in [0.15, 0.2) is 0 Å². The Morgan fingerprint density at radius 3 is 2.21 bits per heavy atom. The molecule has 1 aliphatic carbocycles. The number of rotatable bonds is 4. The summed E-state index contributed by atoms with van der Waals surface area (Å²) in [6.45, 7) is 0. The van der Waals surface area contributed by atoms with Gasteiger partial charge in [-0.15, -0.1) is 0 Å². The predicted octanol–water partition coefficient (Wildman–Crippen LogP) is 4.33. The van der Waals surface area contributed by atoms with E-state index in [1.165, 1.54) is 19.3 Å². The molecule has 1 fully saturated rings. The Kier molecular flexibility index (Phi) is 4.86. The average Bonchev–Trinajstić information content (AvgIpc) is 2.37. The van der Waals surface area contributed by atoms with Gasteiger partial charge in [-0.3, -0.25) is 0 Å². The van der Waals surface area contributed by atoms with Crippen molar-refractivity contribution >= 4 is 0 Å². The van der Waals surface area contributed by atoms with Crippen LogP contribution in [0.4, 0.5) is 13.2 Å². The third kappa shape index (κ3) is 3.50. The minimum atomic E-state index is -0.869. The molecule has 19 heavy (non-hydrogen) atoms. The Hall–Kier alpha value is -1.03. The van der Waals surface area contributed by atoms with Crippen LogP contribution in [0, 0.1) is 23.4 Å². The fourth-order valence-corrected chi connectivity index (χ4v) is 3.02. The standard InChI is InChI=1S/C15H20F3N/c1-19-14(7-10-5-3-2-4-6-10)15-12(17)8-11(16)9-13(15)18/h8-10,14,19H,2-7H2,1H3. The van der Waals surface area contributed by atoms with Gasteiger partial charge >= 0.3 is 0 Å². The molecule has 1 aliphatic rings. The second-order valence-corrected chi connectivity index (χ2v) is 5.36. The van der Waals surface area contributed by atoms with Gasteiger partial charge in [0, 0.05) is 23.7 Å². The highest BCUT2D eigenvalue weighted by Gasteiger charge is 2.24. The van der Waals surface area contributed by atoms with Crippen LogP contribution in [0.2, 0.25) is 0 Å². The van der Waals surface area contributed by atoms with E-state index in [1.807, 2.05) is 0 Å². The lowest BCUT2D eigenvalue weighted by Crippen LogP contribution is -2.23. The molecule has 1 aromatic rings. The first-order valence-electron chi connectivity index (χ1n) is 6.93. The highest BCUT2D eigenvalue weighted by molar-refractivity contribution is 5.24. The van der Waals surface area contributed by atoms with Gasteiger partial charge in [-0.2, -0.15) is 0 Å². The zero-order valence-electron chi connectivity index (χ0n) is 11.2. The minimum absolute atomic E-state index is 0.0329. The molecule has 0 aromatic heterocycles. The van der Waals surface area contributed by atoms with Crippen molar-refractivity contribution in [1.29, 1.82) is 0 Å². The van der Waals surface area contributed by atoms with E-state index in [4.69, 9.17) is 0 Å². The molecule has 1 nitrogen and oxygen atoms in total. The van der Waals surface area contributed by atoms with Crippen LogP contribution in [0.25, 0.3) is 0 Å². The third-order valence-electron chi connectivity index (χ3n) is 4.03. The molecule has 1 saturated carbocycles. The van der Waals surface area contributed by atoms with Gasteiger partial charge in [-0.05, 0) is 19.4 Å². The largest absolute Gasteiger partial charge is 0.313 e. The summed E-state index contributed by atoms with van der Waals surface area (Å²) in [6.07, 6.45) is 6.56. The third-order valence-corrected chi connectivity index (χ3v) is 4.03. The summed E-state index contributed by atoms with van der Waals surface area (Å²) in [7, 11) is 1.69. The Bertz CT molecular complexity index is 404. The number of halogens is 3.